The molecule has 0 saturated carbocycles. The van der Waals surface area contributed by atoms with Gasteiger partial charge in [-0.05, 0) is 36.0 Å². The van der Waals surface area contributed by atoms with Crippen LogP contribution in [0.25, 0.3) is 0 Å². The molecule has 1 nitrogen and oxygen atoms in total. The van der Waals surface area contributed by atoms with E-state index in [1.54, 1.807) is 0 Å². The zero-order valence-electron chi connectivity index (χ0n) is 9.80. The van der Waals surface area contributed by atoms with E-state index in [0.717, 1.165) is 12.8 Å². The molecule has 0 aromatic carbocycles. The molecule has 0 spiro atoms. The van der Waals surface area contributed by atoms with Gasteiger partial charge in [-0.25, -0.2) is 0 Å². The van der Waals surface area contributed by atoms with Crippen LogP contribution in [0.3, 0.4) is 0 Å². The lowest BCUT2D eigenvalue weighted by Crippen LogP contribution is -1.99. The highest BCUT2D eigenvalue weighted by Gasteiger charge is 2.05. The number of pyridine rings is 1. The average molecular weight is 191 g/mol. The molecule has 1 heteroatoms. The quantitative estimate of drug-likeness (QED) is 0.707. The number of hydrogen-bond acceptors (Lipinski definition) is 1. The van der Waals surface area contributed by atoms with Crippen molar-refractivity contribution in [2.45, 2.75) is 52.9 Å². The van der Waals surface area contributed by atoms with E-state index < -0.39 is 0 Å². The Morgan fingerprint density at radius 3 is 2.43 bits per heavy atom. The van der Waals surface area contributed by atoms with Crippen LogP contribution in [0.2, 0.25) is 0 Å². The molecule has 0 atom stereocenters. The second kappa shape index (κ2) is 5.14. The monoisotopic (exact) mass is 191 g/mol. The van der Waals surface area contributed by atoms with Crippen LogP contribution in [0.15, 0.2) is 12.3 Å². The summed E-state index contributed by atoms with van der Waals surface area (Å²) in [6.07, 6.45) is 5.56. The number of aromatic nitrogens is 1. The first kappa shape index (κ1) is 11.2. The normalized spacial score (nSPS) is 10.9. The van der Waals surface area contributed by atoms with E-state index in [0.29, 0.717) is 5.92 Å². The van der Waals surface area contributed by atoms with Gasteiger partial charge >= 0.3 is 0 Å². The van der Waals surface area contributed by atoms with Crippen LogP contribution >= 0.6 is 0 Å². The summed E-state index contributed by atoms with van der Waals surface area (Å²) in [6, 6.07) is 2.27. The molecular weight excluding hydrogens is 170 g/mol. The van der Waals surface area contributed by atoms with Gasteiger partial charge in [0.25, 0.3) is 0 Å². The van der Waals surface area contributed by atoms with E-state index in [9.17, 15) is 0 Å². The highest BCUT2D eigenvalue weighted by Crippen LogP contribution is 2.17. The van der Waals surface area contributed by atoms with Crippen LogP contribution in [0.5, 0.6) is 0 Å². The second-order valence-electron chi connectivity index (χ2n) is 4.14. The van der Waals surface area contributed by atoms with Crippen LogP contribution in [0.1, 0.15) is 56.9 Å². The van der Waals surface area contributed by atoms with Gasteiger partial charge in [-0.15, -0.1) is 0 Å². The number of hydrogen-bond donors (Lipinski definition) is 0. The van der Waals surface area contributed by atoms with E-state index in [-0.39, 0.29) is 0 Å². The molecule has 0 fully saturated rings. The van der Waals surface area contributed by atoms with Crippen molar-refractivity contribution in [3.8, 4) is 0 Å². The van der Waals surface area contributed by atoms with Crippen LogP contribution in [-0.2, 0) is 12.8 Å². The van der Waals surface area contributed by atoms with Gasteiger partial charge in [0, 0.05) is 11.9 Å². The average Bonchev–Trinajstić information content (AvgIpc) is 2.18. The highest BCUT2D eigenvalue weighted by atomic mass is 14.7. The van der Waals surface area contributed by atoms with Crippen LogP contribution in [0, 0.1) is 0 Å². The fraction of sp³-hybridized carbons (Fsp3) is 0.615. The van der Waals surface area contributed by atoms with Crippen molar-refractivity contribution in [1.82, 2.24) is 4.98 Å². The van der Waals surface area contributed by atoms with Crippen molar-refractivity contribution < 1.29 is 0 Å². The third kappa shape index (κ3) is 2.57. The molecule has 14 heavy (non-hydrogen) atoms. The molecule has 1 aromatic rings. The van der Waals surface area contributed by atoms with Crippen molar-refractivity contribution in [3.63, 3.8) is 0 Å². The van der Waals surface area contributed by atoms with E-state index >= 15 is 0 Å². The van der Waals surface area contributed by atoms with Gasteiger partial charge in [-0.1, -0.05) is 34.1 Å². The molecule has 0 aliphatic carbocycles. The summed E-state index contributed by atoms with van der Waals surface area (Å²) in [5.74, 6) is 0.538. The topological polar surface area (TPSA) is 12.9 Å². The van der Waals surface area contributed by atoms with Crippen LogP contribution in [0.4, 0.5) is 0 Å². The third-order valence-corrected chi connectivity index (χ3v) is 2.60. The molecule has 0 bridgehead atoms. The lowest BCUT2D eigenvalue weighted by Gasteiger charge is -2.10. The number of nitrogens with zero attached hydrogens (tertiary/aromatic N) is 1. The molecule has 0 saturated heterocycles. The lowest BCUT2D eigenvalue weighted by atomic mass is 10.00. The van der Waals surface area contributed by atoms with E-state index in [1.807, 2.05) is 0 Å². The molecule has 0 aliphatic heterocycles. The fourth-order valence-electron chi connectivity index (χ4n) is 1.68. The maximum Gasteiger partial charge on any atom is 0.0431 e. The summed E-state index contributed by atoms with van der Waals surface area (Å²) in [7, 11) is 0. The van der Waals surface area contributed by atoms with Gasteiger partial charge in [0.2, 0.25) is 0 Å². The summed E-state index contributed by atoms with van der Waals surface area (Å²) in [5.41, 5.74) is 4.13. The number of aryl methyl sites for hydroxylation is 2. The van der Waals surface area contributed by atoms with Crippen molar-refractivity contribution in [2.24, 2.45) is 0 Å². The zero-order valence-corrected chi connectivity index (χ0v) is 9.80. The first-order chi connectivity index (χ1) is 6.69. The Bertz CT molecular complexity index is 289. The van der Waals surface area contributed by atoms with Gasteiger partial charge < -0.3 is 0 Å². The Morgan fingerprint density at radius 1 is 1.21 bits per heavy atom. The standard InChI is InChI=1S/C13H21N/c1-5-7-12-9-14-13(10(3)4)8-11(12)6-2/h8-10H,5-7H2,1-4H3. The maximum atomic E-state index is 4.51. The molecule has 1 rings (SSSR count). The Kier molecular flexibility index (Phi) is 4.12. The Hall–Kier alpha value is -0.850. The summed E-state index contributed by atoms with van der Waals surface area (Å²) < 4.78 is 0. The van der Waals surface area contributed by atoms with Crippen LogP contribution in [-0.4, -0.2) is 4.98 Å². The Morgan fingerprint density at radius 2 is 1.93 bits per heavy atom. The smallest absolute Gasteiger partial charge is 0.0431 e. The SMILES string of the molecule is CCCc1cnc(C(C)C)cc1CC. The maximum absolute atomic E-state index is 4.51. The summed E-state index contributed by atoms with van der Waals surface area (Å²) >= 11 is 0. The number of rotatable bonds is 4. The molecule has 0 unspecified atom stereocenters. The van der Waals surface area contributed by atoms with Crippen LogP contribution < -0.4 is 0 Å². The van der Waals surface area contributed by atoms with Crippen molar-refractivity contribution >= 4 is 0 Å². The summed E-state index contributed by atoms with van der Waals surface area (Å²) in [6.45, 7) is 8.83. The summed E-state index contributed by atoms with van der Waals surface area (Å²) in [4.78, 5) is 4.51. The molecule has 0 amide bonds. The first-order valence-corrected chi connectivity index (χ1v) is 5.66. The highest BCUT2D eigenvalue weighted by molar-refractivity contribution is 5.28. The van der Waals surface area contributed by atoms with E-state index in [2.05, 4.69) is 44.9 Å². The minimum atomic E-state index is 0.538. The molecule has 0 aliphatic rings. The fourth-order valence-corrected chi connectivity index (χ4v) is 1.68. The van der Waals surface area contributed by atoms with Gasteiger partial charge in [0.15, 0.2) is 0 Å². The molecule has 0 N–H and O–H groups in total. The van der Waals surface area contributed by atoms with E-state index in [1.165, 1.54) is 23.2 Å². The Labute approximate surface area is 87.6 Å². The van der Waals surface area contributed by atoms with Gasteiger partial charge in [0.1, 0.15) is 0 Å². The van der Waals surface area contributed by atoms with Gasteiger partial charge in [0.05, 0.1) is 0 Å². The minimum absolute atomic E-state index is 0.538. The molecule has 1 heterocycles. The largest absolute Gasteiger partial charge is 0.261 e. The predicted molar refractivity (Wildman–Crippen MR) is 61.7 cm³/mol. The summed E-state index contributed by atoms with van der Waals surface area (Å²) in [5, 5.41) is 0. The van der Waals surface area contributed by atoms with Crippen molar-refractivity contribution in [1.29, 1.82) is 0 Å². The zero-order chi connectivity index (χ0) is 10.6. The third-order valence-electron chi connectivity index (χ3n) is 2.60. The van der Waals surface area contributed by atoms with Crippen molar-refractivity contribution in [2.75, 3.05) is 0 Å². The van der Waals surface area contributed by atoms with Gasteiger partial charge in [-0.2, -0.15) is 0 Å². The first-order valence-electron chi connectivity index (χ1n) is 5.66. The van der Waals surface area contributed by atoms with E-state index in [4.69, 9.17) is 0 Å². The molecule has 0 radical (unpaired) electrons. The lowest BCUT2D eigenvalue weighted by molar-refractivity contribution is 0.803. The Balaban J connectivity index is 2.98. The predicted octanol–water partition coefficient (Wildman–Crippen LogP) is 3.72. The second-order valence-corrected chi connectivity index (χ2v) is 4.14. The van der Waals surface area contributed by atoms with Crippen molar-refractivity contribution in [3.05, 3.63) is 29.1 Å². The molecule has 78 valence electrons. The molecular formula is C13H21N. The minimum Gasteiger partial charge on any atom is -0.261 e. The van der Waals surface area contributed by atoms with Gasteiger partial charge in [-0.3, -0.25) is 4.98 Å². The molecule has 1 aromatic heterocycles.